The van der Waals surface area contributed by atoms with Crippen LogP contribution in [-0.2, 0) is 16.1 Å². The lowest BCUT2D eigenvalue weighted by Gasteiger charge is -2.45. The predicted molar refractivity (Wildman–Crippen MR) is 83.4 cm³/mol. The van der Waals surface area contributed by atoms with Gasteiger partial charge < -0.3 is 15.3 Å². The molecular weight excluding hydrogens is 302 g/mol. The van der Waals surface area contributed by atoms with Crippen molar-refractivity contribution in [1.29, 1.82) is 0 Å². The Kier molecular flexibility index (Phi) is 4.20. The average Bonchev–Trinajstić information content (AvgIpc) is 2.88. The van der Waals surface area contributed by atoms with Crippen molar-refractivity contribution in [3.63, 3.8) is 0 Å². The number of hydrogen-bond acceptors (Lipinski definition) is 5. The third-order valence-corrected chi connectivity index (χ3v) is 5.44. The molecule has 120 valence electrons. The number of carbonyl (C=O) groups is 2. The molecule has 2 aliphatic rings. The summed E-state index contributed by atoms with van der Waals surface area (Å²) < 4.78 is 0. The Hall–Kier alpha value is -1.44. The summed E-state index contributed by atoms with van der Waals surface area (Å²) in [5.41, 5.74) is 1.27. The van der Waals surface area contributed by atoms with E-state index in [0.717, 1.165) is 13.1 Å². The van der Waals surface area contributed by atoms with Crippen LogP contribution in [-0.4, -0.2) is 64.5 Å². The van der Waals surface area contributed by atoms with E-state index in [1.807, 2.05) is 0 Å². The zero-order chi connectivity index (χ0) is 15.9. The van der Waals surface area contributed by atoms with Crippen LogP contribution in [0.3, 0.4) is 0 Å². The van der Waals surface area contributed by atoms with Gasteiger partial charge in [0.1, 0.15) is 12.1 Å². The molecule has 2 N–H and O–H groups in total. The van der Waals surface area contributed by atoms with Crippen LogP contribution in [0.1, 0.15) is 17.4 Å². The van der Waals surface area contributed by atoms with E-state index in [9.17, 15) is 14.7 Å². The number of aryl methyl sites for hydroxylation is 1. The summed E-state index contributed by atoms with van der Waals surface area (Å²) in [6.07, 6.45) is -0.871. The van der Waals surface area contributed by atoms with Gasteiger partial charge in [-0.2, -0.15) is 0 Å². The van der Waals surface area contributed by atoms with Crippen molar-refractivity contribution in [2.24, 2.45) is 0 Å². The molecule has 2 fully saturated rings. The van der Waals surface area contributed by atoms with E-state index in [1.165, 1.54) is 17.4 Å². The monoisotopic (exact) mass is 323 g/mol. The van der Waals surface area contributed by atoms with Gasteiger partial charge in [-0.15, -0.1) is 11.3 Å². The second-order valence-electron chi connectivity index (χ2n) is 6.04. The molecule has 0 unspecified atom stereocenters. The smallest absolute Gasteiger partial charge is 0.248 e. The van der Waals surface area contributed by atoms with E-state index in [4.69, 9.17) is 0 Å². The first kappa shape index (κ1) is 15.5. The predicted octanol–water partition coefficient (Wildman–Crippen LogP) is -0.0515. The van der Waals surface area contributed by atoms with Crippen LogP contribution in [0.5, 0.6) is 0 Å². The van der Waals surface area contributed by atoms with E-state index in [0.29, 0.717) is 13.1 Å². The molecule has 1 aromatic rings. The minimum absolute atomic E-state index is 0.168. The van der Waals surface area contributed by atoms with Crippen molar-refractivity contribution >= 4 is 23.2 Å². The molecule has 3 rings (SSSR count). The van der Waals surface area contributed by atoms with E-state index >= 15 is 0 Å². The Morgan fingerprint density at radius 3 is 2.86 bits per heavy atom. The molecule has 0 aromatic carbocycles. The molecule has 0 saturated carbocycles. The van der Waals surface area contributed by atoms with Crippen LogP contribution < -0.4 is 5.32 Å². The van der Waals surface area contributed by atoms with Crippen molar-refractivity contribution in [3.8, 4) is 0 Å². The Labute approximate surface area is 133 Å². The van der Waals surface area contributed by atoms with Crippen LogP contribution in [0, 0.1) is 6.92 Å². The van der Waals surface area contributed by atoms with Crippen molar-refractivity contribution in [1.82, 2.24) is 15.1 Å². The van der Waals surface area contributed by atoms with Crippen molar-refractivity contribution in [2.45, 2.75) is 38.6 Å². The molecule has 0 bridgehead atoms. The molecular formula is C15H21N3O3S. The van der Waals surface area contributed by atoms with Crippen LogP contribution in [0.25, 0.3) is 0 Å². The maximum atomic E-state index is 12.4. The molecule has 22 heavy (non-hydrogen) atoms. The third kappa shape index (κ3) is 2.76. The number of fused-ring (bicyclic) bond motifs is 1. The van der Waals surface area contributed by atoms with Gasteiger partial charge in [0.25, 0.3) is 0 Å². The van der Waals surface area contributed by atoms with E-state index in [1.54, 1.807) is 16.2 Å². The van der Waals surface area contributed by atoms with Crippen LogP contribution in [0.2, 0.25) is 0 Å². The van der Waals surface area contributed by atoms with Crippen LogP contribution in [0.4, 0.5) is 0 Å². The second-order valence-corrected chi connectivity index (χ2v) is 7.04. The van der Waals surface area contributed by atoms with Gasteiger partial charge in [-0.3, -0.25) is 14.5 Å². The zero-order valence-corrected chi connectivity index (χ0v) is 13.6. The largest absolute Gasteiger partial charge is 0.391 e. The normalized spacial score (nSPS) is 27.5. The fourth-order valence-corrected chi connectivity index (χ4v) is 4.00. The Bertz CT molecular complexity index is 586. The van der Waals surface area contributed by atoms with E-state index in [2.05, 4.69) is 28.6 Å². The minimum Gasteiger partial charge on any atom is -0.391 e. The van der Waals surface area contributed by atoms with E-state index < -0.39 is 18.2 Å². The Morgan fingerprint density at radius 2 is 2.23 bits per heavy atom. The summed E-state index contributed by atoms with van der Waals surface area (Å²) in [7, 11) is 0. The van der Waals surface area contributed by atoms with Crippen LogP contribution >= 0.6 is 11.3 Å². The molecule has 2 saturated heterocycles. The minimum atomic E-state index is -0.871. The fourth-order valence-electron chi connectivity index (χ4n) is 3.06. The van der Waals surface area contributed by atoms with Gasteiger partial charge in [-0.05, 0) is 30.9 Å². The highest BCUT2D eigenvalue weighted by atomic mass is 32.1. The molecule has 3 atom stereocenters. The molecule has 1 aromatic heterocycles. The van der Waals surface area contributed by atoms with Crippen molar-refractivity contribution < 1.29 is 14.7 Å². The number of aliphatic hydroxyl groups excluding tert-OH is 1. The molecule has 0 radical (unpaired) electrons. The van der Waals surface area contributed by atoms with Crippen molar-refractivity contribution in [3.05, 3.63) is 21.9 Å². The van der Waals surface area contributed by atoms with Crippen LogP contribution in [0.15, 0.2) is 11.4 Å². The number of nitrogens with one attached hydrogen (secondary N) is 1. The second kappa shape index (κ2) is 5.98. The number of carbonyl (C=O) groups excluding carboxylic acids is 2. The summed E-state index contributed by atoms with van der Waals surface area (Å²) in [4.78, 5) is 29.8. The molecule has 3 heterocycles. The van der Waals surface area contributed by atoms with Gasteiger partial charge in [0.15, 0.2) is 0 Å². The Morgan fingerprint density at radius 1 is 1.45 bits per heavy atom. The molecule has 2 amide bonds. The number of amides is 2. The molecule has 2 aliphatic heterocycles. The summed E-state index contributed by atoms with van der Waals surface area (Å²) in [5.74, 6) is -0.343. The highest BCUT2D eigenvalue weighted by Gasteiger charge is 2.44. The third-order valence-electron chi connectivity index (χ3n) is 4.43. The number of thiophene rings is 1. The first-order chi connectivity index (χ1) is 10.5. The van der Waals surface area contributed by atoms with Gasteiger partial charge in [-0.25, -0.2) is 0 Å². The maximum Gasteiger partial charge on any atom is 0.248 e. The lowest BCUT2D eigenvalue weighted by atomic mass is 10.0. The number of piperazine rings is 2. The number of nitrogens with zero attached hydrogens (tertiary/aromatic N) is 2. The topological polar surface area (TPSA) is 72.9 Å². The number of rotatable bonds is 3. The van der Waals surface area contributed by atoms with Gasteiger partial charge in [0.2, 0.25) is 11.8 Å². The van der Waals surface area contributed by atoms with Gasteiger partial charge in [0, 0.05) is 31.1 Å². The molecule has 6 nitrogen and oxygen atoms in total. The fraction of sp³-hybridized carbons (Fsp3) is 0.600. The maximum absolute atomic E-state index is 12.4. The average molecular weight is 323 g/mol. The number of hydrogen-bond donors (Lipinski definition) is 2. The highest BCUT2D eigenvalue weighted by molar-refractivity contribution is 7.10. The first-order valence-corrected chi connectivity index (χ1v) is 8.39. The lowest BCUT2D eigenvalue weighted by molar-refractivity contribution is -0.156. The van der Waals surface area contributed by atoms with Crippen molar-refractivity contribution in [2.75, 3.05) is 19.6 Å². The van der Waals surface area contributed by atoms with Gasteiger partial charge >= 0.3 is 0 Å². The lowest BCUT2D eigenvalue weighted by Crippen LogP contribution is -2.70. The summed E-state index contributed by atoms with van der Waals surface area (Å²) in [5, 5.41) is 14.4. The van der Waals surface area contributed by atoms with E-state index in [-0.39, 0.29) is 11.8 Å². The molecule has 7 heteroatoms. The quantitative estimate of drug-likeness (QED) is 0.818. The summed E-state index contributed by atoms with van der Waals surface area (Å²) >= 11 is 1.72. The van der Waals surface area contributed by atoms with Gasteiger partial charge in [-0.1, -0.05) is 0 Å². The molecule has 0 aliphatic carbocycles. The van der Waals surface area contributed by atoms with Gasteiger partial charge in [0.05, 0.1) is 6.10 Å². The summed E-state index contributed by atoms with van der Waals surface area (Å²) in [6, 6.07) is 0.840. The standard InChI is InChI=1S/C15H21N3O3S/c1-9-3-6-22-12(9)8-17-4-5-18-11(7-17)14(20)16-13(10(2)19)15(18)21/h3,6,10-11,13,19H,4-5,7-8H2,1-2H3,(H,16,20)/t10-,11-,13+/m1/s1. The molecule has 0 spiro atoms. The first-order valence-electron chi connectivity index (χ1n) is 7.51. The number of aliphatic hydroxyl groups is 1. The SMILES string of the molecule is Cc1ccsc1CN1CCN2C(=O)[C@H]([C@@H](C)O)NC(=O)[C@H]2C1. The zero-order valence-electron chi connectivity index (χ0n) is 12.8. The Balaban J connectivity index is 1.70. The summed E-state index contributed by atoms with van der Waals surface area (Å²) in [6.45, 7) is 6.26. The highest BCUT2D eigenvalue weighted by Crippen LogP contribution is 2.22.